The Hall–Kier alpha value is -2.29. The highest BCUT2D eigenvalue weighted by Crippen LogP contribution is 2.40. The second-order valence-electron chi connectivity index (χ2n) is 5.15. The van der Waals surface area contributed by atoms with Crippen LogP contribution in [0, 0.1) is 6.07 Å². The molecule has 4 heteroatoms. The number of carbonyl (C=O) groups excluding carboxylic acids is 1. The minimum absolute atomic E-state index is 0.0131. The standard InChI is InChI=1S/C19H9Cl2O2/c20-16-6-3-7-17(18(16)21)23-11-8-9-14-15(10-11)12-4-1-2-5-13(12)19(14)22/h1-3,5-10H. The first-order valence-electron chi connectivity index (χ1n) is 6.97. The predicted molar refractivity (Wildman–Crippen MR) is 90.7 cm³/mol. The van der Waals surface area contributed by atoms with Gasteiger partial charge in [-0.15, -0.1) is 0 Å². The van der Waals surface area contributed by atoms with Crippen molar-refractivity contribution in [1.29, 1.82) is 0 Å². The highest BCUT2D eigenvalue weighted by atomic mass is 35.5. The number of rotatable bonds is 2. The zero-order chi connectivity index (χ0) is 16.0. The average Bonchev–Trinajstić information content (AvgIpc) is 2.85. The maximum absolute atomic E-state index is 12.4. The SMILES string of the molecule is O=C1c2ccc[c]c2-c2cc(Oc3cccc(Cl)c3Cl)ccc21. The summed E-state index contributed by atoms with van der Waals surface area (Å²) in [4.78, 5) is 12.4. The van der Waals surface area contributed by atoms with Gasteiger partial charge >= 0.3 is 0 Å². The Bertz CT molecular complexity index is 948. The highest BCUT2D eigenvalue weighted by molar-refractivity contribution is 6.42. The van der Waals surface area contributed by atoms with Crippen LogP contribution in [0.2, 0.25) is 10.0 Å². The van der Waals surface area contributed by atoms with Gasteiger partial charge in [-0.25, -0.2) is 0 Å². The minimum Gasteiger partial charge on any atom is -0.456 e. The first-order valence-corrected chi connectivity index (χ1v) is 7.72. The van der Waals surface area contributed by atoms with E-state index in [1.807, 2.05) is 18.2 Å². The van der Waals surface area contributed by atoms with Gasteiger partial charge in [0.05, 0.1) is 5.02 Å². The summed E-state index contributed by atoms with van der Waals surface area (Å²) in [5, 5.41) is 0.789. The summed E-state index contributed by atoms with van der Waals surface area (Å²) in [6.07, 6.45) is 0. The van der Waals surface area contributed by atoms with E-state index in [4.69, 9.17) is 27.9 Å². The topological polar surface area (TPSA) is 26.3 Å². The summed E-state index contributed by atoms with van der Waals surface area (Å²) in [6, 6.07) is 19.1. The van der Waals surface area contributed by atoms with Crippen LogP contribution in [0.25, 0.3) is 11.1 Å². The summed E-state index contributed by atoms with van der Waals surface area (Å²) in [6.45, 7) is 0. The number of hydrogen-bond acceptors (Lipinski definition) is 2. The van der Waals surface area contributed by atoms with Crippen LogP contribution < -0.4 is 4.74 Å². The van der Waals surface area contributed by atoms with Crippen LogP contribution in [0.5, 0.6) is 11.5 Å². The molecule has 0 saturated heterocycles. The number of ketones is 1. The van der Waals surface area contributed by atoms with Crippen molar-refractivity contribution >= 4 is 29.0 Å². The molecule has 0 aliphatic heterocycles. The van der Waals surface area contributed by atoms with Gasteiger partial charge in [-0.1, -0.05) is 47.5 Å². The number of halogens is 2. The van der Waals surface area contributed by atoms with Gasteiger partial charge in [0.2, 0.25) is 0 Å². The Balaban J connectivity index is 1.77. The molecule has 4 rings (SSSR count). The molecule has 0 bridgehead atoms. The molecule has 3 aromatic carbocycles. The number of hydrogen-bond donors (Lipinski definition) is 0. The monoisotopic (exact) mass is 339 g/mol. The van der Waals surface area contributed by atoms with Crippen molar-refractivity contribution in [2.45, 2.75) is 0 Å². The molecule has 111 valence electrons. The van der Waals surface area contributed by atoms with Gasteiger partial charge in [-0.2, -0.15) is 0 Å². The molecule has 0 unspecified atom stereocenters. The second kappa shape index (κ2) is 5.41. The summed E-state index contributed by atoms with van der Waals surface area (Å²) in [5.41, 5.74) is 2.95. The number of ether oxygens (including phenoxy) is 1. The van der Waals surface area contributed by atoms with Crippen LogP contribution in [0.3, 0.4) is 0 Å². The van der Waals surface area contributed by atoms with E-state index in [-0.39, 0.29) is 5.78 Å². The van der Waals surface area contributed by atoms with Gasteiger partial charge in [0.25, 0.3) is 0 Å². The lowest BCUT2D eigenvalue weighted by molar-refractivity contribution is 0.104. The molecule has 0 spiro atoms. The van der Waals surface area contributed by atoms with Crippen LogP contribution in [-0.2, 0) is 0 Å². The van der Waals surface area contributed by atoms with E-state index in [0.29, 0.717) is 32.7 Å². The normalized spacial score (nSPS) is 12.0. The molecule has 1 aliphatic carbocycles. The third kappa shape index (κ3) is 2.31. The van der Waals surface area contributed by atoms with E-state index in [2.05, 4.69) is 6.07 Å². The summed E-state index contributed by atoms with van der Waals surface area (Å²) >= 11 is 12.1. The van der Waals surface area contributed by atoms with Crippen molar-refractivity contribution < 1.29 is 9.53 Å². The van der Waals surface area contributed by atoms with Crippen LogP contribution in [0.15, 0.2) is 54.6 Å². The Morgan fingerprint density at radius 3 is 2.65 bits per heavy atom. The van der Waals surface area contributed by atoms with E-state index in [1.165, 1.54) is 0 Å². The molecule has 0 aromatic heterocycles. The molecular weight excluding hydrogens is 331 g/mol. The van der Waals surface area contributed by atoms with E-state index in [1.54, 1.807) is 36.4 Å². The number of benzene rings is 3. The first-order chi connectivity index (χ1) is 11.1. The van der Waals surface area contributed by atoms with Crippen molar-refractivity contribution in [2.75, 3.05) is 0 Å². The van der Waals surface area contributed by atoms with Gasteiger partial charge in [0.1, 0.15) is 16.5 Å². The van der Waals surface area contributed by atoms with E-state index < -0.39 is 0 Å². The average molecular weight is 340 g/mol. The molecule has 0 amide bonds. The summed E-state index contributed by atoms with van der Waals surface area (Å²) in [7, 11) is 0. The molecule has 1 aliphatic rings. The van der Waals surface area contributed by atoms with Crippen LogP contribution >= 0.6 is 23.2 Å². The molecule has 0 fully saturated rings. The van der Waals surface area contributed by atoms with E-state index in [9.17, 15) is 4.79 Å². The van der Waals surface area contributed by atoms with Crippen molar-refractivity contribution in [3.05, 3.63) is 81.8 Å². The molecule has 2 nitrogen and oxygen atoms in total. The van der Waals surface area contributed by atoms with Crippen LogP contribution in [0.1, 0.15) is 15.9 Å². The van der Waals surface area contributed by atoms with Gasteiger partial charge in [-0.3, -0.25) is 4.79 Å². The fourth-order valence-corrected chi connectivity index (χ4v) is 3.01. The lowest BCUT2D eigenvalue weighted by Crippen LogP contribution is -1.94. The molecule has 3 aromatic rings. The molecule has 0 atom stereocenters. The quantitative estimate of drug-likeness (QED) is 0.461. The lowest BCUT2D eigenvalue weighted by Gasteiger charge is -2.09. The zero-order valence-electron chi connectivity index (χ0n) is 11.8. The van der Waals surface area contributed by atoms with Crippen molar-refractivity contribution in [1.82, 2.24) is 0 Å². The van der Waals surface area contributed by atoms with Crippen molar-refractivity contribution in [2.24, 2.45) is 0 Å². The fraction of sp³-hybridized carbons (Fsp3) is 0. The molecule has 0 N–H and O–H groups in total. The Morgan fingerprint density at radius 1 is 0.913 bits per heavy atom. The molecule has 1 radical (unpaired) electrons. The third-order valence-electron chi connectivity index (χ3n) is 3.75. The smallest absolute Gasteiger partial charge is 0.194 e. The first kappa shape index (κ1) is 14.3. The third-order valence-corrected chi connectivity index (χ3v) is 4.55. The summed E-state index contributed by atoms with van der Waals surface area (Å²) < 4.78 is 5.82. The zero-order valence-corrected chi connectivity index (χ0v) is 13.3. The molecule has 23 heavy (non-hydrogen) atoms. The van der Waals surface area contributed by atoms with Gasteiger partial charge in [-0.05, 0) is 42.0 Å². The predicted octanol–water partition coefficient (Wildman–Crippen LogP) is 5.80. The molecular formula is C19H9Cl2O2. The van der Waals surface area contributed by atoms with Crippen LogP contribution in [-0.4, -0.2) is 5.78 Å². The summed E-state index contributed by atoms with van der Waals surface area (Å²) in [5.74, 6) is 1.07. The second-order valence-corrected chi connectivity index (χ2v) is 5.93. The number of fused-ring (bicyclic) bond motifs is 3. The fourth-order valence-electron chi connectivity index (χ4n) is 2.68. The van der Waals surface area contributed by atoms with E-state index in [0.717, 1.165) is 11.1 Å². The maximum Gasteiger partial charge on any atom is 0.194 e. The minimum atomic E-state index is 0.0131. The largest absolute Gasteiger partial charge is 0.456 e. The molecule has 0 heterocycles. The Labute approximate surface area is 143 Å². The Morgan fingerprint density at radius 2 is 1.78 bits per heavy atom. The molecule has 0 saturated carbocycles. The van der Waals surface area contributed by atoms with Crippen molar-refractivity contribution in [3.8, 4) is 22.6 Å². The Kier molecular flexibility index (Phi) is 3.37. The number of carbonyl (C=O) groups is 1. The van der Waals surface area contributed by atoms with E-state index >= 15 is 0 Å². The van der Waals surface area contributed by atoms with Crippen LogP contribution in [0.4, 0.5) is 0 Å². The lowest BCUT2D eigenvalue weighted by atomic mass is 10.1. The maximum atomic E-state index is 12.4. The van der Waals surface area contributed by atoms with Crippen molar-refractivity contribution in [3.63, 3.8) is 0 Å². The highest BCUT2D eigenvalue weighted by Gasteiger charge is 2.26. The van der Waals surface area contributed by atoms with Gasteiger partial charge in [0.15, 0.2) is 5.78 Å². The van der Waals surface area contributed by atoms with Gasteiger partial charge in [0, 0.05) is 16.7 Å². The van der Waals surface area contributed by atoms with Gasteiger partial charge < -0.3 is 4.74 Å².